The van der Waals surface area contributed by atoms with Gasteiger partial charge in [-0.15, -0.1) is 0 Å². The van der Waals surface area contributed by atoms with Crippen molar-refractivity contribution in [3.05, 3.63) is 112 Å². The topological polar surface area (TPSA) is 49.3 Å². The smallest absolute Gasteiger partial charge is 0.253 e. The fraction of sp³-hybridized carbons (Fsp3) is 0.0417. The number of carbonyl (C=O) groups excluding carboxylic acids is 1. The van der Waals surface area contributed by atoms with Crippen molar-refractivity contribution in [1.29, 1.82) is 0 Å². The number of fused-ring (bicyclic) bond motifs is 1. The van der Waals surface area contributed by atoms with Crippen LogP contribution in [0, 0.1) is 0 Å². The van der Waals surface area contributed by atoms with Crippen LogP contribution >= 0.6 is 15.9 Å². The van der Waals surface area contributed by atoms with E-state index in [2.05, 4.69) is 21.2 Å². The zero-order valence-corrected chi connectivity index (χ0v) is 16.6. The first-order valence-corrected chi connectivity index (χ1v) is 9.75. The number of benzene rings is 4. The fourth-order valence-corrected chi connectivity index (χ4v) is 3.87. The van der Waals surface area contributed by atoms with Crippen LogP contribution in [0.2, 0.25) is 0 Å². The molecule has 0 spiro atoms. The van der Waals surface area contributed by atoms with Crippen LogP contribution in [-0.2, 0) is 0 Å². The summed E-state index contributed by atoms with van der Waals surface area (Å²) in [6, 6.07) is 27.9. The number of halogens is 1. The molecule has 0 aliphatic carbocycles. The predicted molar refractivity (Wildman–Crippen MR) is 116 cm³/mol. The minimum atomic E-state index is -0.494. The standard InChI is InChI=1S/C24H18BrNO2/c25-20-13-7-6-12-19(20)24(28)26-23(17-9-2-1-3-10-17)22-18-11-5-4-8-16(18)14-15-21(22)27/h1-15,23,27H,(H,26,28)/t23-/m1/s1. The Balaban J connectivity index is 1.86. The van der Waals surface area contributed by atoms with Gasteiger partial charge in [-0.1, -0.05) is 72.8 Å². The molecule has 0 aliphatic rings. The summed E-state index contributed by atoms with van der Waals surface area (Å²) in [6.07, 6.45) is 0. The molecule has 138 valence electrons. The predicted octanol–water partition coefficient (Wildman–Crippen LogP) is 5.83. The van der Waals surface area contributed by atoms with E-state index >= 15 is 0 Å². The van der Waals surface area contributed by atoms with Crippen molar-refractivity contribution in [2.45, 2.75) is 6.04 Å². The van der Waals surface area contributed by atoms with Crippen molar-refractivity contribution in [1.82, 2.24) is 5.32 Å². The molecule has 1 amide bonds. The third-order valence-electron chi connectivity index (χ3n) is 4.76. The molecule has 0 aromatic heterocycles. The Morgan fingerprint density at radius 2 is 1.50 bits per heavy atom. The van der Waals surface area contributed by atoms with Crippen LogP contribution in [0.3, 0.4) is 0 Å². The Hall–Kier alpha value is -3.11. The van der Waals surface area contributed by atoms with Crippen LogP contribution in [0.1, 0.15) is 27.5 Å². The third kappa shape index (κ3) is 3.51. The van der Waals surface area contributed by atoms with Gasteiger partial charge in [0.25, 0.3) is 5.91 Å². The Kier molecular flexibility index (Phi) is 5.13. The quantitative estimate of drug-likeness (QED) is 0.427. The number of phenolic OH excluding ortho intramolecular Hbond substituents is 1. The molecule has 0 unspecified atom stereocenters. The summed E-state index contributed by atoms with van der Waals surface area (Å²) in [5.41, 5.74) is 2.13. The van der Waals surface area contributed by atoms with Gasteiger partial charge in [-0.25, -0.2) is 0 Å². The lowest BCUT2D eigenvalue weighted by molar-refractivity contribution is 0.0942. The number of nitrogens with one attached hydrogen (secondary N) is 1. The molecule has 0 saturated heterocycles. The van der Waals surface area contributed by atoms with Gasteiger partial charge < -0.3 is 10.4 Å². The van der Waals surface area contributed by atoms with Crippen molar-refractivity contribution < 1.29 is 9.90 Å². The first-order chi connectivity index (χ1) is 13.6. The zero-order chi connectivity index (χ0) is 19.5. The molecule has 0 radical (unpaired) electrons. The van der Waals surface area contributed by atoms with E-state index < -0.39 is 6.04 Å². The molecule has 0 aliphatic heterocycles. The zero-order valence-electron chi connectivity index (χ0n) is 15.0. The van der Waals surface area contributed by atoms with Gasteiger partial charge in [0.2, 0.25) is 0 Å². The Morgan fingerprint density at radius 1 is 0.821 bits per heavy atom. The van der Waals surface area contributed by atoms with Crippen LogP contribution in [0.4, 0.5) is 0 Å². The van der Waals surface area contributed by atoms with Crippen molar-refractivity contribution in [3.63, 3.8) is 0 Å². The molecule has 3 nitrogen and oxygen atoms in total. The second kappa shape index (κ2) is 7.87. The molecule has 4 rings (SSSR count). The van der Waals surface area contributed by atoms with E-state index in [1.165, 1.54) is 0 Å². The SMILES string of the molecule is O=C(N[C@H](c1ccccc1)c1c(O)ccc2ccccc12)c1ccccc1Br. The van der Waals surface area contributed by atoms with Crippen molar-refractivity contribution >= 4 is 32.6 Å². The second-order valence-electron chi connectivity index (χ2n) is 6.52. The largest absolute Gasteiger partial charge is 0.508 e. The van der Waals surface area contributed by atoms with Crippen molar-refractivity contribution in [3.8, 4) is 5.75 Å². The second-order valence-corrected chi connectivity index (χ2v) is 7.37. The minimum absolute atomic E-state index is 0.153. The maximum atomic E-state index is 13.0. The number of amides is 1. The Labute approximate surface area is 171 Å². The number of phenols is 1. The van der Waals surface area contributed by atoms with Gasteiger partial charge in [0.15, 0.2) is 0 Å². The Bertz CT molecular complexity index is 1140. The summed E-state index contributed by atoms with van der Waals surface area (Å²) in [5.74, 6) is -0.0614. The molecule has 0 saturated carbocycles. The summed E-state index contributed by atoms with van der Waals surface area (Å²) in [4.78, 5) is 13.0. The van der Waals surface area contributed by atoms with Crippen LogP contribution < -0.4 is 5.32 Å². The highest BCUT2D eigenvalue weighted by atomic mass is 79.9. The van der Waals surface area contributed by atoms with Gasteiger partial charge in [-0.05, 0) is 50.5 Å². The van der Waals surface area contributed by atoms with E-state index in [0.717, 1.165) is 20.8 Å². The Morgan fingerprint density at radius 3 is 2.29 bits per heavy atom. The average Bonchev–Trinajstić information content (AvgIpc) is 2.73. The fourth-order valence-electron chi connectivity index (χ4n) is 3.41. The minimum Gasteiger partial charge on any atom is -0.508 e. The summed E-state index contributed by atoms with van der Waals surface area (Å²) in [5, 5.41) is 15.7. The molecule has 0 heterocycles. The number of hydrogen-bond donors (Lipinski definition) is 2. The van der Waals surface area contributed by atoms with Crippen LogP contribution in [0.25, 0.3) is 10.8 Å². The number of hydrogen-bond acceptors (Lipinski definition) is 2. The van der Waals surface area contributed by atoms with Gasteiger partial charge in [0.1, 0.15) is 5.75 Å². The van der Waals surface area contributed by atoms with Crippen LogP contribution in [0.5, 0.6) is 5.75 Å². The summed E-state index contributed by atoms with van der Waals surface area (Å²) < 4.78 is 0.724. The molecule has 0 bridgehead atoms. The summed E-state index contributed by atoms with van der Waals surface area (Å²) in [6.45, 7) is 0. The normalized spacial score (nSPS) is 11.9. The molecule has 4 aromatic rings. The highest BCUT2D eigenvalue weighted by Crippen LogP contribution is 2.36. The average molecular weight is 432 g/mol. The van der Waals surface area contributed by atoms with Crippen LogP contribution in [-0.4, -0.2) is 11.0 Å². The number of aromatic hydroxyl groups is 1. The van der Waals surface area contributed by atoms with E-state index in [1.54, 1.807) is 12.1 Å². The van der Waals surface area contributed by atoms with Gasteiger partial charge in [0.05, 0.1) is 11.6 Å². The van der Waals surface area contributed by atoms with E-state index in [0.29, 0.717) is 11.1 Å². The molecule has 28 heavy (non-hydrogen) atoms. The summed E-state index contributed by atoms with van der Waals surface area (Å²) >= 11 is 3.44. The first kappa shape index (κ1) is 18.3. The molecule has 4 aromatic carbocycles. The highest BCUT2D eigenvalue weighted by Gasteiger charge is 2.23. The van der Waals surface area contributed by atoms with E-state index in [1.807, 2.05) is 78.9 Å². The lowest BCUT2D eigenvalue weighted by Crippen LogP contribution is -2.29. The van der Waals surface area contributed by atoms with Crippen molar-refractivity contribution in [2.24, 2.45) is 0 Å². The highest BCUT2D eigenvalue weighted by molar-refractivity contribution is 9.10. The van der Waals surface area contributed by atoms with E-state index in [-0.39, 0.29) is 11.7 Å². The van der Waals surface area contributed by atoms with Crippen molar-refractivity contribution in [2.75, 3.05) is 0 Å². The van der Waals surface area contributed by atoms with Gasteiger partial charge in [-0.2, -0.15) is 0 Å². The van der Waals surface area contributed by atoms with Gasteiger partial charge in [-0.3, -0.25) is 4.79 Å². The molecule has 2 N–H and O–H groups in total. The maximum absolute atomic E-state index is 13.0. The number of rotatable bonds is 4. The molecular weight excluding hydrogens is 414 g/mol. The molecule has 1 atom stereocenters. The first-order valence-electron chi connectivity index (χ1n) is 8.96. The van der Waals surface area contributed by atoms with E-state index in [9.17, 15) is 9.90 Å². The molecule has 0 fully saturated rings. The van der Waals surface area contributed by atoms with Gasteiger partial charge >= 0.3 is 0 Å². The lowest BCUT2D eigenvalue weighted by atomic mass is 9.92. The molecular formula is C24H18BrNO2. The van der Waals surface area contributed by atoms with E-state index in [4.69, 9.17) is 0 Å². The monoisotopic (exact) mass is 431 g/mol. The third-order valence-corrected chi connectivity index (χ3v) is 5.45. The lowest BCUT2D eigenvalue weighted by Gasteiger charge is -2.23. The van der Waals surface area contributed by atoms with Gasteiger partial charge in [0, 0.05) is 10.0 Å². The summed E-state index contributed by atoms with van der Waals surface area (Å²) in [7, 11) is 0. The molecule has 4 heteroatoms. The van der Waals surface area contributed by atoms with Crippen LogP contribution in [0.15, 0.2) is 95.5 Å². The number of carbonyl (C=O) groups is 1. The maximum Gasteiger partial charge on any atom is 0.253 e.